The molecule has 2 aromatic heterocycles. The van der Waals surface area contributed by atoms with E-state index in [-0.39, 0.29) is 36.6 Å². The number of imidazole rings is 1. The average molecular weight is 371 g/mol. The molecule has 0 bridgehead atoms. The molecule has 5 nitrogen and oxygen atoms in total. The summed E-state index contributed by atoms with van der Waals surface area (Å²) in [6, 6.07) is 4.06. The molecule has 132 valence electrons. The van der Waals surface area contributed by atoms with Gasteiger partial charge < -0.3 is 15.0 Å². The van der Waals surface area contributed by atoms with Crippen molar-refractivity contribution >= 4 is 36.4 Å². The van der Waals surface area contributed by atoms with E-state index >= 15 is 0 Å². The van der Waals surface area contributed by atoms with E-state index in [1.165, 1.54) is 5.56 Å². The number of aromatic nitrogens is 2. The third kappa shape index (κ3) is 3.53. The van der Waals surface area contributed by atoms with Gasteiger partial charge in [0, 0.05) is 18.3 Å². The second-order valence-corrected chi connectivity index (χ2v) is 6.79. The number of aryl methyl sites for hydroxylation is 1. The van der Waals surface area contributed by atoms with Gasteiger partial charge in [0.25, 0.3) is 0 Å². The maximum Gasteiger partial charge on any atom is 0.224 e. The molecule has 1 aliphatic heterocycles. The van der Waals surface area contributed by atoms with E-state index in [0.29, 0.717) is 12.0 Å². The molecule has 1 saturated carbocycles. The highest BCUT2D eigenvalue weighted by Gasteiger charge is 2.57. The third-order valence-corrected chi connectivity index (χ3v) is 5.20. The normalized spacial score (nSPS) is 21.0. The molecular formula is C17H24Cl2N4O. The number of amides is 1. The molecule has 1 unspecified atom stereocenters. The quantitative estimate of drug-likeness (QED) is 0.872. The number of fused-ring (bicyclic) bond motifs is 1. The second-order valence-electron chi connectivity index (χ2n) is 6.79. The Hall–Kier alpha value is -1.30. The average Bonchev–Trinajstić information content (AvgIpc) is 3.05. The standard InChI is InChI=1S/C17H22N4O.2ClH/c1-12-2-3-15-20-13(11-21(15)10-12)9-19-16(22)14-8-17(14)4-6-18-7-5-17;;/h2-3,10-11,14,18H,4-9H2,1H3,(H,19,22);2*1H. The van der Waals surface area contributed by atoms with Crippen LogP contribution in [0.4, 0.5) is 0 Å². The lowest BCUT2D eigenvalue weighted by Crippen LogP contribution is -2.33. The summed E-state index contributed by atoms with van der Waals surface area (Å²) in [4.78, 5) is 16.9. The van der Waals surface area contributed by atoms with Crippen LogP contribution < -0.4 is 10.6 Å². The lowest BCUT2D eigenvalue weighted by atomic mass is 9.92. The number of rotatable bonds is 3. The van der Waals surface area contributed by atoms with Crippen LogP contribution in [0.15, 0.2) is 24.5 Å². The van der Waals surface area contributed by atoms with E-state index in [9.17, 15) is 4.79 Å². The molecule has 24 heavy (non-hydrogen) atoms. The van der Waals surface area contributed by atoms with Crippen LogP contribution in [0.25, 0.3) is 5.65 Å². The van der Waals surface area contributed by atoms with Gasteiger partial charge in [-0.3, -0.25) is 4.79 Å². The fourth-order valence-electron chi connectivity index (χ4n) is 3.74. The highest BCUT2D eigenvalue weighted by molar-refractivity contribution is 5.85. The summed E-state index contributed by atoms with van der Waals surface area (Å²) in [5.41, 5.74) is 3.34. The van der Waals surface area contributed by atoms with Crippen LogP contribution in [0, 0.1) is 18.3 Å². The molecule has 1 saturated heterocycles. The van der Waals surface area contributed by atoms with Crippen LogP contribution in [0.1, 0.15) is 30.5 Å². The Morgan fingerprint density at radius 2 is 2.08 bits per heavy atom. The number of nitrogens with one attached hydrogen (secondary N) is 2. The van der Waals surface area contributed by atoms with Crippen molar-refractivity contribution < 1.29 is 4.79 Å². The zero-order chi connectivity index (χ0) is 15.2. The first-order valence-electron chi connectivity index (χ1n) is 8.09. The topological polar surface area (TPSA) is 58.4 Å². The SMILES string of the molecule is Cc1ccc2nc(CNC(=O)C3CC34CCNCC4)cn2c1.Cl.Cl. The van der Waals surface area contributed by atoms with Crippen molar-refractivity contribution in [1.82, 2.24) is 20.0 Å². The first-order valence-corrected chi connectivity index (χ1v) is 8.09. The molecule has 1 atom stereocenters. The maximum absolute atomic E-state index is 12.4. The van der Waals surface area contributed by atoms with Gasteiger partial charge >= 0.3 is 0 Å². The minimum atomic E-state index is 0. The number of nitrogens with zero attached hydrogens (tertiary/aromatic N) is 2. The summed E-state index contributed by atoms with van der Waals surface area (Å²) < 4.78 is 2.02. The van der Waals surface area contributed by atoms with Gasteiger partial charge in [0.15, 0.2) is 0 Å². The number of hydrogen-bond donors (Lipinski definition) is 2. The zero-order valence-corrected chi connectivity index (χ0v) is 15.4. The second kappa shape index (κ2) is 7.30. The number of halogens is 2. The van der Waals surface area contributed by atoms with Crippen LogP contribution in [0.5, 0.6) is 0 Å². The van der Waals surface area contributed by atoms with Gasteiger partial charge in [0.05, 0.1) is 12.2 Å². The number of carbonyl (C=O) groups is 1. The van der Waals surface area contributed by atoms with Gasteiger partial charge in [0.1, 0.15) is 5.65 Å². The third-order valence-electron chi connectivity index (χ3n) is 5.20. The number of pyridine rings is 1. The fourth-order valence-corrected chi connectivity index (χ4v) is 3.74. The summed E-state index contributed by atoms with van der Waals surface area (Å²) in [5.74, 6) is 0.420. The summed E-state index contributed by atoms with van der Waals surface area (Å²) in [6.07, 6.45) is 7.39. The molecule has 2 fully saturated rings. The number of piperidine rings is 1. The molecule has 0 radical (unpaired) electrons. The lowest BCUT2D eigenvalue weighted by molar-refractivity contribution is -0.123. The molecular weight excluding hydrogens is 347 g/mol. The van der Waals surface area contributed by atoms with Crippen molar-refractivity contribution in [2.45, 2.75) is 32.7 Å². The van der Waals surface area contributed by atoms with Gasteiger partial charge in [-0.1, -0.05) is 6.07 Å². The predicted molar refractivity (Wildman–Crippen MR) is 98.9 cm³/mol. The van der Waals surface area contributed by atoms with Crippen molar-refractivity contribution in [3.05, 3.63) is 35.8 Å². The molecule has 2 aromatic rings. The highest BCUT2D eigenvalue weighted by atomic mass is 35.5. The van der Waals surface area contributed by atoms with Crippen LogP contribution in [-0.4, -0.2) is 28.4 Å². The van der Waals surface area contributed by atoms with Crippen molar-refractivity contribution in [3.8, 4) is 0 Å². The molecule has 1 aliphatic carbocycles. The summed E-state index contributed by atoms with van der Waals surface area (Å²) >= 11 is 0. The predicted octanol–water partition coefficient (Wildman–Crippen LogP) is 2.49. The van der Waals surface area contributed by atoms with E-state index < -0.39 is 0 Å². The Morgan fingerprint density at radius 1 is 1.33 bits per heavy atom. The fraction of sp³-hybridized carbons (Fsp3) is 0.529. The van der Waals surface area contributed by atoms with Gasteiger partial charge in [-0.2, -0.15) is 0 Å². The molecule has 4 rings (SSSR count). The molecule has 7 heteroatoms. The van der Waals surface area contributed by atoms with E-state index in [2.05, 4.69) is 34.8 Å². The monoisotopic (exact) mass is 370 g/mol. The van der Waals surface area contributed by atoms with Crippen molar-refractivity contribution in [2.24, 2.45) is 11.3 Å². The first kappa shape index (κ1) is 19.0. The summed E-state index contributed by atoms with van der Waals surface area (Å²) in [5, 5.41) is 6.45. The zero-order valence-electron chi connectivity index (χ0n) is 13.7. The van der Waals surface area contributed by atoms with Crippen molar-refractivity contribution in [2.75, 3.05) is 13.1 Å². The summed E-state index contributed by atoms with van der Waals surface area (Å²) in [6.45, 7) is 4.68. The van der Waals surface area contributed by atoms with E-state index in [0.717, 1.165) is 43.7 Å². The van der Waals surface area contributed by atoms with Crippen LogP contribution in [0.3, 0.4) is 0 Å². The highest BCUT2D eigenvalue weighted by Crippen LogP contribution is 2.58. The molecule has 2 N–H and O–H groups in total. The Labute approximate surface area is 154 Å². The summed E-state index contributed by atoms with van der Waals surface area (Å²) in [7, 11) is 0. The van der Waals surface area contributed by atoms with E-state index in [1.807, 2.05) is 16.7 Å². The van der Waals surface area contributed by atoms with E-state index in [4.69, 9.17) is 0 Å². The minimum Gasteiger partial charge on any atom is -0.350 e. The minimum absolute atomic E-state index is 0. The molecule has 0 aromatic carbocycles. The Balaban J connectivity index is 0.00000104. The smallest absolute Gasteiger partial charge is 0.224 e. The molecule has 3 heterocycles. The van der Waals surface area contributed by atoms with E-state index in [1.54, 1.807) is 0 Å². The van der Waals surface area contributed by atoms with Crippen molar-refractivity contribution in [1.29, 1.82) is 0 Å². The molecule has 2 aliphatic rings. The number of carbonyl (C=O) groups excluding carboxylic acids is 1. The van der Waals surface area contributed by atoms with Gasteiger partial charge in [-0.05, 0) is 56.3 Å². The lowest BCUT2D eigenvalue weighted by Gasteiger charge is -2.23. The van der Waals surface area contributed by atoms with Crippen LogP contribution in [-0.2, 0) is 11.3 Å². The largest absolute Gasteiger partial charge is 0.350 e. The Bertz CT molecular complexity index is 724. The molecule has 1 amide bonds. The first-order chi connectivity index (χ1) is 10.7. The molecule has 1 spiro atoms. The Morgan fingerprint density at radius 3 is 2.83 bits per heavy atom. The van der Waals surface area contributed by atoms with Gasteiger partial charge in [-0.25, -0.2) is 4.98 Å². The van der Waals surface area contributed by atoms with Crippen molar-refractivity contribution in [3.63, 3.8) is 0 Å². The van der Waals surface area contributed by atoms with Crippen LogP contribution in [0.2, 0.25) is 0 Å². The Kier molecular flexibility index (Phi) is 5.78. The number of hydrogen-bond acceptors (Lipinski definition) is 3. The maximum atomic E-state index is 12.4. The van der Waals surface area contributed by atoms with Gasteiger partial charge in [0.2, 0.25) is 5.91 Å². The van der Waals surface area contributed by atoms with Crippen LogP contribution >= 0.6 is 24.8 Å². The van der Waals surface area contributed by atoms with Gasteiger partial charge in [-0.15, -0.1) is 24.8 Å².